The Morgan fingerprint density at radius 3 is 1.87 bits per heavy atom. The summed E-state index contributed by atoms with van der Waals surface area (Å²) in [5.74, 6) is 0. The van der Waals surface area contributed by atoms with Gasteiger partial charge in [-0.1, -0.05) is 41.5 Å². The van der Waals surface area contributed by atoms with Crippen molar-refractivity contribution < 1.29 is 9.13 Å². The zero-order chi connectivity index (χ0) is 17.6. The highest BCUT2D eigenvalue weighted by molar-refractivity contribution is 5.52. The van der Waals surface area contributed by atoms with Crippen LogP contribution in [0.5, 0.6) is 0 Å². The molecule has 0 saturated heterocycles. The highest BCUT2D eigenvalue weighted by Gasteiger charge is 2.27. The summed E-state index contributed by atoms with van der Waals surface area (Å²) in [5, 5.41) is 0. The highest BCUT2D eigenvalue weighted by Crippen LogP contribution is 2.29. The first-order valence-corrected chi connectivity index (χ1v) is 8.42. The van der Waals surface area contributed by atoms with Crippen molar-refractivity contribution in [3.05, 3.63) is 47.3 Å². The molecule has 0 atom stereocenters. The molecule has 2 heterocycles. The van der Waals surface area contributed by atoms with Gasteiger partial charge in [-0.05, 0) is 28.9 Å². The van der Waals surface area contributed by atoms with Gasteiger partial charge < -0.3 is 0 Å². The Morgan fingerprint density at radius 1 is 0.783 bits per heavy atom. The van der Waals surface area contributed by atoms with E-state index in [-0.39, 0.29) is 10.8 Å². The van der Waals surface area contributed by atoms with Gasteiger partial charge in [0.2, 0.25) is 0 Å². The number of nitrogens with zero attached hydrogens (tertiary/aromatic N) is 2. The Hall–Kier alpha value is -1.70. The van der Waals surface area contributed by atoms with Crippen LogP contribution >= 0.6 is 0 Å². The maximum atomic E-state index is 2.36. The zero-order valence-corrected chi connectivity index (χ0v) is 16.3. The Kier molecular flexibility index (Phi) is 4.40. The monoisotopic (exact) mass is 312 g/mol. The zero-order valence-electron chi connectivity index (χ0n) is 16.3. The van der Waals surface area contributed by atoms with Gasteiger partial charge in [0.05, 0.1) is 0 Å². The van der Waals surface area contributed by atoms with Crippen LogP contribution < -0.4 is 9.13 Å². The van der Waals surface area contributed by atoms with Gasteiger partial charge in [-0.15, -0.1) is 0 Å². The average Bonchev–Trinajstić information content (AvgIpc) is 2.37. The standard InChI is InChI=1S/C21H32N2/c1-15-14-23(9)19(13-17(15)21(5,6)7)18-12-16(20(2,3)4)10-11-22(18)8/h10-14H,1-9H3/q+2. The first kappa shape index (κ1) is 17.7. The van der Waals surface area contributed by atoms with E-state index in [0.717, 1.165) is 0 Å². The normalized spacial score (nSPS) is 12.6. The predicted molar refractivity (Wildman–Crippen MR) is 96.4 cm³/mol. The number of aromatic nitrogens is 2. The lowest BCUT2D eigenvalue weighted by molar-refractivity contribution is -0.690. The molecule has 0 radical (unpaired) electrons. The Balaban J connectivity index is 2.72. The molecule has 2 rings (SSSR count). The van der Waals surface area contributed by atoms with Gasteiger partial charge >= 0.3 is 0 Å². The molecule has 0 N–H and O–H groups in total. The summed E-state index contributed by atoms with van der Waals surface area (Å²) in [6.07, 6.45) is 4.42. The number of rotatable bonds is 1. The van der Waals surface area contributed by atoms with Crippen LogP contribution in [0, 0.1) is 6.92 Å². The molecule has 0 aliphatic rings. The van der Waals surface area contributed by atoms with E-state index in [1.165, 1.54) is 28.1 Å². The highest BCUT2D eigenvalue weighted by atomic mass is 15.0. The second-order valence-corrected chi connectivity index (χ2v) is 8.78. The maximum absolute atomic E-state index is 2.36. The Morgan fingerprint density at radius 2 is 1.35 bits per heavy atom. The lowest BCUT2D eigenvalue weighted by Crippen LogP contribution is -2.40. The quantitative estimate of drug-likeness (QED) is 0.706. The summed E-state index contributed by atoms with van der Waals surface area (Å²) < 4.78 is 4.46. The van der Waals surface area contributed by atoms with Gasteiger partial charge in [-0.25, -0.2) is 0 Å². The molecule has 0 fully saturated rings. The van der Waals surface area contributed by atoms with Gasteiger partial charge in [0.25, 0.3) is 11.4 Å². The largest absolute Gasteiger partial charge is 0.277 e. The molecule has 2 nitrogen and oxygen atoms in total. The maximum Gasteiger partial charge on any atom is 0.277 e. The molecule has 0 bridgehead atoms. The second kappa shape index (κ2) is 5.74. The molecular weight excluding hydrogens is 280 g/mol. The van der Waals surface area contributed by atoms with E-state index in [2.05, 4.69) is 102 Å². The molecule has 2 aromatic heterocycles. The lowest BCUT2D eigenvalue weighted by Gasteiger charge is -2.21. The Labute approximate surface area is 141 Å². The van der Waals surface area contributed by atoms with Crippen LogP contribution in [0.25, 0.3) is 11.4 Å². The second-order valence-electron chi connectivity index (χ2n) is 8.78. The van der Waals surface area contributed by atoms with E-state index in [9.17, 15) is 0 Å². The minimum absolute atomic E-state index is 0.146. The molecule has 0 amide bonds. The van der Waals surface area contributed by atoms with E-state index < -0.39 is 0 Å². The fourth-order valence-corrected chi connectivity index (χ4v) is 3.14. The fraction of sp³-hybridized carbons (Fsp3) is 0.524. The molecule has 0 spiro atoms. The number of aryl methyl sites for hydroxylation is 3. The van der Waals surface area contributed by atoms with Crippen LogP contribution in [-0.4, -0.2) is 0 Å². The molecule has 0 aliphatic heterocycles. The first-order valence-electron chi connectivity index (χ1n) is 8.42. The van der Waals surface area contributed by atoms with Crippen molar-refractivity contribution in [3.63, 3.8) is 0 Å². The van der Waals surface area contributed by atoms with Gasteiger partial charge in [0.1, 0.15) is 14.1 Å². The molecule has 2 aromatic rings. The van der Waals surface area contributed by atoms with Crippen molar-refractivity contribution in [2.24, 2.45) is 14.1 Å². The van der Waals surface area contributed by atoms with E-state index >= 15 is 0 Å². The third-order valence-electron chi connectivity index (χ3n) is 4.56. The smallest absolute Gasteiger partial charge is 0.196 e. The summed E-state index contributed by atoms with van der Waals surface area (Å²) in [5.41, 5.74) is 6.93. The molecule has 0 unspecified atom stereocenters. The van der Waals surface area contributed by atoms with Crippen molar-refractivity contribution in [3.8, 4) is 11.4 Å². The molecule has 2 heteroatoms. The minimum Gasteiger partial charge on any atom is -0.196 e. The third-order valence-corrected chi connectivity index (χ3v) is 4.56. The fourth-order valence-electron chi connectivity index (χ4n) is 3.14. The van der Waals surface area contributed by atoms with Gasteiger partial charge in [-0.2, -0.15) is 9.13 Å². The van der Waals surface area contributed by atoms with Crippen molar-refractivity contribution in [2.75, 3.05) is 0 Å². The summed E-state index contributed by atoms with van der Waals surface area (Å²) in [6.45, 7) is 15.8. The first-order chi connectivity index (χ1) is 10.4. The lowest BCUT2D eigenvalue weighted by atomic mass is 9.83. The number of hydrogen-bond donors (Lipinski definition) is 0. The van der Waals surface area contributed by atoms with Crippen molar-refractivity contribution in [2.45, 2.75) is 59.3 Å². The predicted octanol–water partition coefficient (Wildman–Crippen LogP) is 3.91. The summed E-state index contributed by atoms with van der Waals surface area (Å²) in [4.78, 5) is 0. The molecule has 0 aliphatic carbocycles. The average molecular weight is 313 g/mol. The van der Waals surface area contributed by atoms with E-state index in [1.807, 2.05) is 0 Å². The van der Waals surface area contributed by atoms with Crippen LogP contribution in [0.4, 0.5) is 0 Å². The topological polar surface area (TPSA) is 7.76 Å². The van der Waals surface area contributed by atoms with E-state index in [1.54, 1.807) is 0 Å². The molecule has 0 aromatic carbocycles. The molecular formula is C21H32N2+2. The van der Waals surface area contributed by atoms with Crippen LogP contribution in [0.15, 0.2) is 30.6 Å². The summed E-state index contributed by atoms with van der Waals surface area (Å²) in [6, 6.07) is 6.91. The van der Waals surface area contributed by atoms with Gasteiger partial charge in [-0.3, -0.25) is 0 Å². The van der Waals surface area contributed by atoms with E-state index in [4.69, 9.17) is 0 Å². The van der Waals surface area contributed by atoms with Crippen molar-refractivity contribution in [1.82, 2.24) is 0 Å². The van der Waals surface area contributed by atoms with Crippen LogP contribution in [0.2, 0.25) is 0 Å². The van der Waals surface area contributed by atoms with Crippen LogP contribution in [0.1, 0.15) is 58.2 Å². The van der Waals surface area contributed by atoms with Gasteiger partial charge in [0.15, 0.2) is 12.4 Å². The Bertz CT molecular complexity index is 729. The molecule has 124 valence electrons. The summed E-state index contributed by atoms with van der Waals surface area (Å²) in [7, 11) is 4.26. The van der Waals surface area contributed by atoms with Crippen molar-refractivity contribution in [1.29, 1.82) is 0 Å². The SMILES string of the molecule is Cc1c[n+](C)c(-c2cc(C(C)(C)C)cc[n+]2C)cc1C(C)(C)C. The van der Waals surface area contributed by atoms with Crippen molar-refractivity contribution >= 4 is 0 Å². The van der Waals surface area contributed by atoms with Crippen LogP contribution in [0.3, 0.4) is 0 Å². The molecule has 23 heavy (non-hydrogen) atoms. The van der Waals surface area contributed by atoms with Crippen LogP contribution in [-0.2, 0) is 24.9 Å². The van der Waals surface area contributed by atoms with E-state index in [0.29, 0.717) is 0 Å². The van der Waals surface area contributed by atoms with Gasteiger partial charge in [0, 0.05) is 23.8 Å². The number of pyridine rings is 2. The minimum atomic E-state index is 0.146. The molecule has 0 saturated carbocycles. The third kappa shape index (κ3) is 3.63. The summed E-state index contributed by atoms with van der Waals surface area (Å²) >= 11 is 0. The number of hydrogen-bond acceptors (Lipinski definition) is 0.